The molecule has 1 rings (SSSR count). The third-order valence-corrected chi connectivity index (χ3v) is 1.86. The number of rotatable bonds is 2. The van der Waals surface area contributed by atoms with E-state index in [9.17, 15) is 13.6 Å². The monoisotopic (exact) mass is 201 g/mol. The first-order valence-corrected chi connectivity index (χ1v) is 3.37. The molecule has 1 heterocycles. The second kappa shape index (κ2) is 4.00. The number of nitrogens with one attached hydrogen (secondary N) is 1. The quantitative estimate of drug-likeness (QED) is 0.693. The maximum absolute atomic E-state index is 12.6. The minimum Gasteiger partial charge on any atom is -0.477 e. The molecule has 1 unspecified atom stereocenters. The molecule has 1 aliphatic rings. The van der Waals surface area contributed by atoms with Crippen molar-refractivity contribution >= 4 is 18.4 Å². The smallest absolute Gasteiger partial charge is 0.374 e. The topological polar surface area (TPSA) is 49.3 Å². The van der Waals surface area contributed by atoms with Crippen LogP contribution in [0, 0.1) is 5.92 Å². The molecule has 3 nitrogen and oxygen atoms in total. The van der Waals surface area contributed by atoms with Gasteiger partial charge in [0.25, 0.3) is 0 Å². The van der Waals surface area contributed by atoms with Crippen molar-refractivity contribution in [2.45, 2.75) is 12.3 Å². The summed E-state index contributed by atoms with van der Waals surface area (Å²) in [5.74, 6) is -6.63. The van der Waals surface area contributed by atoms with Crippen LogP contribution in [0.25, 0.3) is 0 Å². The van der Waals surface area contributed by atoms with E-state index in [0.717, 1.165) is 0 Å². The van der Waals surface area contributed by atoms with Gasteiger partial charge in [0.05, 0.1) is 0 Å². The summed E-state index contributed by atoms with van der Waals surface area (Å²) >= 11 is 0. The van der Waals surface area contributed by atoms with Crippen molar-refractivity contribution in [2.75, 3.05) is 13.1 Å². The van der Waals surface area contributed by atoms with Gasteiger partial charge in [0.2, 0.25) is 0 Å². The first-order valence-electron chi connectivity index (χ1n) is 3.37. The van der Waals surface area contributed by atoms with Crippen LogP contribution < -0.4 is 5.32 Å². The van der Waals surface area contributed by atoms with Gasteiger partial charge in [0.1, 0.15) is 0 Å². The molecule has 1 fully saturated rings. The van der Waals surface area contributed by atoms with Crippen LogP contribution in [0.5, 0.6) is 0 Å². The van der Waals surface area contributed by atoms with Gasteiger partial charge < -0.3 is 10.4 Å². The lowest BCUT2D eigenvalue weighted by Gasteiger charge is -2.16. The van der Waals surface area contributed by atoms with Crippen LogP contribution in [0.4, 0.5) is 8.78 Å². The lowest BCUT2D eigenvalue weighted by Crippen LogP contribution is -2.38. The highest BCUT2D eigenvalue weighted by molar-refractivity contribution is 5.85. The van der Waals surface area contributed by atoms with Crippen molar-refractivity contribution in [1.29, 1.82) is 0 Å². The molecule has 6 heteroatoms. The Balaban J connectivity index is 0.00000121. The van der Waals surface area contributed by atoms with Crippen molar-refractivity contribution in [3.8, 4) is 0 Å². The summed E-state index contributed by atoms with van der Waals surface area (Å²) < 4.78 is 25.2. The maximum Gasteiger partial charge on any atom is 0.374 e. The van der Waals surface area contributed by atoms with Crippen LogP contribution in [0.3, 0.4) is 0 Å². The summed E-state index contributed by atoms with van der Waals surface area (Å²) in [6.45, 7) is 0.576. The Morgan fingerprint density at radius 1 is 1.58 bits per heavy atom. The zero-order valence-electron chi connectivity index (χ0n) is 6.22. The fourth-order valence-corrected chi connectivity index (χ4v) is 1.14. The molecule has 72 valence electrons. The Kier molecular flexibility index (Phi) is 3.86. The van der Waals surface area contributed by atoms with Gasteiger partial charge in [0, 0.05) is 12.5 Å². The second-order valence-electron chi connectivity index (χ2n) is 2.62. The Morgan fingerprint density at radius 2 is 2.17 bits per heavy atom. The Labute approximate surface area is 74.5 Å². The average Bonchev–Trinajstić information content (AvgIpc) is 2.37. The molecular formula is C6H10ClF2NO2. The van der Waals surface area contributed by atoms with Gasteiger partial charge in [-0.15, -0.1) is 12.4 Å². The number of aliphatic carboxylic acids is 1. The molecule has 1 atom stereocenters. The van der Waals surface area contributed by atoms with Gasteiger partial charge in [-0.3, -0.25) is 0 Å². The van der Waals surface area contributed by atoms with Crippen molar-refractivity contribution in [2.24, 2.45) is 5.92 Å². The summed E-state index contributed by atoms with van der Waals surface area (Å²) in [6, 6.07) is 0. The van der Waals surface area contributed by atoms with Gasteiger partial charge in [-0.2, -0.15) is 8.78 Å². The molecule has 2 N–H and O–H groups in total. The predicted molar refractivity (Wildman–Crippen MR) is 40.8 cm³/mol. The van der Waals surface area contributed by atoms with Gasteiger partial charge in [-0.25, -0.2) is 4.79 Å². The fraction of sp³-hybridized carbons (Fsp3) is 0.833. The second-order valence-corrected chi connectivity index (χ2v) is 2.62. The highest BCUT2D eigenvalue weighted by atomic mass is 35.5. The molecule has 0 aromatic rings. The number of hydrogen-bond donors (Lipinski definition) is 2. The number of hydrogen-bond acceptors (Lipinski definition) is 2. The number of carboxylic acid groups (broad SMARTS) is 1. The molecule has 0 aliphatic carbocycles. The van der Waals surface area contributed by atoms with E-state index < -0.39 is 17.8 Å². The predicted octanol–water partition coefficient (Wildman–Crippen LogP) is 0.738. The van der Waals surface area contributed by atoms with Crippen LogP contribution >= 0.6 is 12.4 Å². The van der Waals surface area contributed by atoms with E-state index in [1.54, 1.807) is 0 Å². The fourth-order valence-electron chi connectivity index (χ4n) is 1.14. The Hall–Kier alpha value is -0.420. The van der Waals surface area contributed by atoms with Crippen LogP contribution in [0.1, 0.15) is 6.42 Å². The normalized spacial score (nSPS) is 23.3. The largest absolute Gasteiger partial charge is 0.477 e. The van der Waals surface area contributed by atoms with E-state index in [-0.39, 0.29) is 25.4 Å². The average molecular weight is 202 g/mol. The minimum atomic E-state index is -3.57. The van der Waals surface area contributed by atoms with E-state index in [1.165, 1.54) is 0 Å². The van der Waals surface area contributed by atoms with E-state index in [2.05, 4.69) is 5.32 Å². The first kappa shape index (κ1) is 11.6. The summed E-state index contributed by atoms with van der Waals surface area (Å²) in [5.41, 5.74) is 0. The van der Waals surface area contributed by atoms with E-state index >= 15 is 0 Å². The standard InChI is InChI=1S/C6H9F2NO2.ClH/c7-6(8,5(10)11)4-1-2-9-3-4;/h4,9H,1-3H2,(H,10,11);1H. The van der Waals surface area contributed by atoms with Gasteiger partial charge in [-0.1, -0.05) is 0 Å². The van der Waals surface area contributed by atoms with E-state index in [0.29, 0.717) is 6.54 Å². The van der Waals surface area contributed by atoms with Crippen LogP contribution in [-0.2, 0) is 4.79 Å². The van der Waals surface area contributed by atoms with Gasteiger partial charge >= 0.3 is 11.9 Å². The molecule has 0 bridgehead atoms. The van der Waals surface area contributed by atoms with Crippen LogP contribution in [0.2, 0.25) is 0 Å². The molecule has 0 amide bonds. The number of carboxylic acids is 1. The van der Waals surface area contributed by atoms with Gasteiger partial charge in [0.15, 0.2) is 0 Å². The molecule has 0 aromatic carbocycles. The zero-order chi connectivity index (χ0) is 8.48. The summed E-state index contributed by atoms with van der Waals surface area (Å²) in [4.78, 5) is 10.0. The zero-order valence-corrected chi connectivity index (χ0v) is 7.03. The molecule has 0 spiro atoms. The maximum atomic E-state index is 12.6. The van der Waals surface area contributed by atoms with Crippen LogP contribution in [0.15, 0.2) is 0 Å². The van der Waals surface area contributed by atoms with Crippen molar-refractivity contribution in [3.05, 3.63) is 0 Å². The SMILES string of the molecule is Cl.O=C(O)C(F)(F)C1CCNC1. The van der Waals surface area contributed by atoms with E-state index in [1.807, 2.05) is 0 Å². The third-order valence-electron chi connectivity index (χ3n) is 1.86. The highest BCUT2D eigenvalue weighted by Gasteiger charge is 2.48. The molecular weight excluding hydrogens is 192 g/mol. The molecule has 12 heavy (non-hydrogen) atoms. The number of halogens is 3. The Bertz CT molecular complexity index is 171. The summed E-state index contributed by atoms with van der Waals surface area (Å²) in [5, 5.41) is 10.8. The third kappa shape index (κ3) is 2.04. The number of carbonyl (C=O) groups is 1. The first-order chi connectivity index (χ1) is 5.05. The molecule has 1 aliphatic heterocycles. The number of alkyl halides is 2. The molecule has 0 saturated carbocycles. The lowest BCUT2D eigenvalue weighted by atomic mass is 10.0. The molecule has 0 radical (unpaired) electrons. The highest BCUT2D eigenvalue weighted by Crippen LogP contribution is 2.29. The Morgan fingerprint density at radius 3 is 2.50 bits per heavy atom. The van der Waals surface area contributed by atoms with Crippen molar-refractivity contribution < 1.29 is 18.7 Å². The van der Waals surface area contributed by atoms with Crippen molar-refractivity contribution in [3.63, 3.8) is 0 Å². The molecule has 0 aromatic heterocycles. The van der Waals surface area contributed by atoms with Crippen molar-refractivity contribution in [1.82, 2.24) is 5.32 Å². The van der Waals surface area contributed by atoms with Gasteiger partial charge in [-0.05, 0) is 13.0 Å². The lowest BCUT2D eigenvalue weighted by molar-refractivity contribution is -0.172. The minimum absolute atomic E-state index is 0. The molecule has 1 saturated heterocycles. The summed E-state index contributed by atoms with van der Waals surface area (Å²) in [6.07, 6.45) is 0.235. The van der Waals surface area contributed by atoms with Crippen LogP contribution in [-0.4, -0.2) is 30.1 Å². The summed E-state index contributed by atoms with van der Waals surface area (Å²) in [7, 11) is 0. The van der Waals surface area contributed by atoms with E-state index in [4.69, 9.17) is 5.11 Å².